The maximum absolute atomic E-state index is 12.8. The van der Waals surface area contributed by atoms with E-state index in [2.05, 4.69) is 34.1 Å². The molecule has 8 heteroatoms. The quantitative estimate of drug-likeness (QED) is 0.487. The first-order valence-electron chi connectivity index (χ1n) is 11.4. The van der Waals surface area contributed by atoms with Gasteiger partial charge in [-0.1, -0.05) is 18.2 Å². The average molecular weight is 473 g/mol. The van der Waals surface area contributed by atoms with Crippen LogP contribution in [0.2, 0.25) is 0 Å². The van der Waals surface area contributed by atoms with Gasteiger partial charge in [0, 0.05) is 44.5 Å². The van der Waals surface area contributed by atoms with Crippen LogP contribution in [0.1, 0.15) is 13.3 Å². The zero-order chi connectivity index (χ0) is 23.2. The topological polar surface area (TPSA) is 71.5 Å². The molecule has 0 aromatic heterocycles. The van der Waals surface area contributed by atoms with Gasteiger partial charge in [0.25, 0.3) is 0 Å². The first-order valence-corrected chi connectivity index (χ1v) is 12.3. The molecule has 0 radical (unpaired) electrons. The monoisotopic (exact) mass is 472 g/mol. The first kappa shape index (κ1) is 23.7. The molecule has 2 aliphatic rings. The molecule has 4 rings (SSSR count). The molecule has 2 heterocycles. The van der Waals surface area contributed by atoms with Gasteiger partial charge in [0.2, 0.25) is 0 Å². The molecule has 2 aromatic rings. The summed E-state index contributed by atoms with van der Waals surface area (Å²) in [6.45, 7) is 6.97. The van der Waals surface area contributed by atoms with Gasteiger partial charge < -0.3 is 24.2 Å². The third-order valence-electron chi connectivity index (χ3n) is 6.10. The van der Waals surface area contributed by atoms with Gasteiger partial charge in [-0.05, 0) is 37.6 Å². The van der Waals surface area contributed by atoms with Crippen LogP contribution in [-0.4, -0.2) is 79.9 Å². The summed E-state index contributed by atoms with van der Waals surface area (Å²) in [7, 11) is 1.59. The van der Waals surface area contributed by atoms with Crippen molar-refractivity contribution < 1.29 is 24.1 Å². The van der Waals surface area contributed by atoms with E-state index in [1.165, 1.54) is 17.4 Å². The van der Waals surface area contributed by atoms with Gasteiger partial charge in [0.05, 0.1) is 18.6 Å². The minimum absolute atomic E-state index is 0.340. The molecule has 3 atom stereocenters. The Hall–Kier alpha value is -2.42. The summed E-state index contributed by atoms with van der Waals surface area (Å²) in [5.74, 6) is 0.873. The minimum atomic E-state index is -0.966. The van der Waals surface area contributed by atoms with E-state index >= 15 is 0 Å². The van der Waals surface area contributed by atoms with E-state index in [1.54, 1.807) is 20.1 Å². The number of piperazine rings is 1. The van der Waals surface area contributed by atoms with Crippen molar-refractivity contribution in [2.75, 3.05) is 51.3 Å². The van der Waals surface area contributed by atoms with Crippen molar-refractivity contribution >= 4 is 23.4 Å². The van der Waals surface area contributed by atoms with Crippen molar-refractivity contribution in [3.8, 4) is 11.5 Å². The second kappa shape index (κ2) is 11.1. The number of rotatable bonds is 7. The Bertz CT molecular complexity index is 920. The van der Waals surface area contributed by atoms with E-state index < -0.39 is 23.4 Å². The number of methoxy groups -OCH3 is 1. The van der Waals surface area contributed by atoms with E-state index in [0.717, 1.165) is 44.0 Å². The zero-order valence-electron chi connectivity index (χ0n) is 19.2. The van der Waals surface area contributed by atoms with Crippen LogP contribution >= 0.6 is 11.8 Å². The summed E-state index contributed by atoms with van der Waals surface area (Å²) >= 11 is 1.28. The molecular formula is C25H32N2O5S. The molecule has 2 aliphatic heterocycles. The SMILES string of the molecule is COc1ccc2c(c1)OC(C)[C@H](O)[C@@H](C(=O)OCCCN1CCN(c3ccccc3)CC1)S2. The fraction of sp³-hybridized carbons (Fsp3) is 0.480. The molecule has 0 aliphatic carbocycles. The van der Waals surface area contributed by atoms with E-state index in [0.29, 0.717) is 18.1 Å². The third-order valence-corrected chi connectivity index (χ3v) is 7.41. The number of anilines is 1. The number of carbonyl (C=O) groups is 1. The van der Waals surface area contributed by atoms with Crippen LogP contribution in [0.15, 0.2) is 53.4 Å². The Labute approximate surface area is 199 Å². The highest BCUT2D eigenvalue weighted by Crippen LogP contribution is 2.40. The second-order valence-corrected chi connectivity index (χ2v) is 9.53. The number of nitrogens with zero attached hydrogens (tertiary/aromatic N) is 2. The number of thioether (sulfide) groups is 1. The predicted molar refractivity (Wildman–Crippen MR) is 129 cm³/mol. The largest absolute Gasteiger partial charge is 0.497 e. The van der Waals surface area contributed by atoms with Crippen molar-refractivity contribution in [2.24, 2.45) is 0 Å². The number of hydrogen-bond donors (Lipinski definition) is 1. The number of ether oxygens (including phenoxy) is 3. The minimum Gasteiger partial charge on any atom is -0.497 e. The Morgan fingerprint density at radius 1 is 1.15 bits per heavy atom. The van der Waals surface area contributed by atoms with Gasteiger partial charge in [0.1, 0.15) is 29.0 Å². The summed E-state index contributed by atoms with van der Waals surface area (Å²) in [6.07, 6.45) is -0.735. The van der Waals surface area contributed by atoms with Crippen molar-refractivity contribution in [3.05, 3.63) is 48.5 Å². The van der Waals surface area contributed by atoms with Crippen LogP contribution in [0.25, 0.3) is 0 Å². The molecule has 1 N–H and O–H groups in total. The number of hydrogen-bond acceptors (Lipinski definition) is 8. The number of aliphatic hydroxyl groups is 1. The summed E-state index contributed by atoms with van der Waals surface area (Å²) in [4.78, 5) is 18.4. The van der Waals surface area contributed by atoms with Crippen molar-refractivity contribution in [2.45, 2.75) is 35.7 Å². The molecule has 0 saturated carbocycles. The summed E-state index contributed by atoms with van der Waals surface area (Å²) < 4.78 is 16.7. The van der Waals surface area contributed by atoms with Gasteiger partial charge >= 0.3 is 5.97 Å². The van der Waals surface area contributed by atoms with E-state index in [4.69, 9.17) is 14.2 Å². The molecular weight excluding hydrogens is 440 g/mol. The number of para-hydroxylation sites is 1. The number of carbonyl (C=O) groups excluding carboxylic acids is 1. The number of aliphatic hydroxyl groups excluding tert-OH is 1. The Morgan fingerprint density at radius 3 is 2.64 bits per heavy atom. The molecule has 1 fully saturated rings. The van der Waals surface area contributed by atoms with Crippen LogP contribution in [0.4, 0.5) is 5.69 Å². The third kappa shape index (κ3) is 5.93. The Balaban J connectivity index is 1.23. The van der Waals surface area contributed by atoms with Gasteiger partial charge in [-0.15, -0.1) is 11.8 Å². The van der Waals surface area contributed by atoms with Crippen molar-refractivity contribution in [1.29, 1.82) is 0 Å². The standard InChI is InChI=1S/C25H32N2O5S/c1-18-23(28)24(33-22-10-9-20(30-2)17-21(22)32-18)25(29)31-16-6-11-26-12-14-27(15-13-26)19-7-4-3-5-8-19/h3-5,7-10,17-18,23-24,28H,6,11-16H2,1-2H3/t18?,23-,24-/m0/s1. The van der Waals surface area contributed by atoms with E-state index in [-0.39, 0.29) is 0 Å². The fourth-order valence-corrected chi connectivity index (χ4v) is 5.29. The van der Waals surface area contributed by atoms with E-state index in [1.807, 2.05) is 18.2 Å². The maximum atomic E-state index is 12.8. The molecule has 0 bridgehead atoms. The lowest BCUT2D eigenvalue weighted by Crippen LogP contribution is -2.46. The van der Waals surface area contributed by atoms with Gasteiger partial charge in [-0.25, -0.2) is 0 Å². The highest BCUT2D eigenvalue weighted by molar-refractivity contribution is 8.00. The lowest BCUT2D eigenvalue weighted by Gasteiger charge is -2.36. The van der Waals surface area contributed by atoms with Gasteiger partial charge in [0.15, 0.2) is 0 Å². The Kier molecular flexibility index (Phi) is 8.01. The highest BCUT2D eigenvalue weighted by atomic mass is 32.2. The van der Waals surface area contributed by atoms with Crippen LogP contribution in [0.5, 0.6) is 11.5 Å². The predicted octanol–water partition coefficient (Wildman–Crippen LogP) is 3.05. The fourth-order valence-electron chi connectivity index (χ4n) is 4.13. The number of benzene rings is 2. The first-order chi connectivity index (χ1) is 16.0. The molecule has 178 valence electrons. The molecule has 1 saturated heterocycles. The molecule has 2 aromatic carbocycles. The van der Waals surface area contributed by atoms with Crippen LogP contribution in [0, 0.1) is 0 Å². The summed E-state index contributed by atoms with van der Waals surface area (Å²) in [6, 6.07) is 15.9. The van der Waals surface area contributed by atoms with Crippen molar-refractivity contribution in [1.82, 2.24) is 4.90 Å². The molecule has 0 spiro atoms. The molecule has 1 unspecified atom stereocenters. The number of esters is 1. The van der Waals surface area contributed by atoms with Crippen LogP contribution in [-0.2, 0) is 9.53 Å². The smallest absolute Gasteiger partial charge is 0.322 e. The molecule has 0 amide bonds. The Morgan fingerprint density at radius 2 is 1.91 bits per heavy atom. The van der Waals surface area contributed by atoms with E-state index in [9.17, 15) is 9.90 Å². The normalized spacial score (nSPS) is 23.2. The lowest BCUT2D eigenvalue weighted by molar-refractivity contribution is -0.146. The summed E-state index contributed by atoms with van der Waals surface area (Å²) in [5.41, 5.74) is 1.27. The highest BCUT2D eigenvalue weighted by Gasteiger charge is 2.38. The molecule has 7 nitrogen and oxygen atoms in total. The average Bonchev–Trinajstić information content (AvgIpc) is 2.98. The van der Waals surface area contributed by atoms with Gasteiger partial charge in [-0.3, -0.25) is 9.69 Å². The zero-order valence-corrected chi connectivity index (χ0v) is 20.0. The molecule has 33 heavy (non-hydrogen) atoms. The maximum Gasteiger partial charge on any atom is 0.322 e. The summed E-state index contributed by atoms with van der Waals surface area (Å²) in [5, 5.41) is 9.94. The van der Waals surface area contributed by atoms with Crippen molar-refractivity contribution in [3.63, 3.8) is 0 Å². The van der Waals surface area contributed by atoms with Gasteiger partial charge in [-0.2, -0.15) is 0 Å². The second-order valence-electron chi connectivity index (χ2n) is 8.35. The van der Waals surface area contributed by atoms with Crippen LogP contribution in [0.3, 0.4) is 0 Å². The van der Waals surface area contributed by atoms with Crippen LogP contribution < -0.4 is 14.4 Å². The lowest BCUT2D eigenvalue weighted by atomic mass is 10.1. The number of fused-ring (bicyclic) bond motifs is 1.